The molecule has 2 aromatic carbocycles. The number of benzene rings is 2. The molecule has 1 aliphatic rings. The molecular formula is C26H26FN5O3. The third kappa shape index (κ3) is 4.42. The number of aromatic carboxylic acids is 1. The van der Waals surface area contributed by atoms with Gasteiger partial charge < -0.3 is 19.9 Å². The maximum Gasteiger partial charge on any atom is 0.341 e. The lowest BCUT2D eigenvalue weighted by Crippen LogP contribution is -2.25. The molecule has 0 unspecified atom stereocenters. The second-order valence-corrected chi connectivity index (χ2v) is 8.90. The minimum absolute atomic E-state index is 0.0604. The predicted octanol–water partition coefficient (Wildman–Crippen LogP) is 3.12. The molecule has 0 radical (unpaired) electrons. The van der Waals surface area contributed by atoms with Crippen molar-refractivity contribution in [3.63, 3.8) is 0 Å². The Kier molecular flexibility index (Phi) is 6.08. The predicted molar refractivity (Wildman–Crippen MR) is 132 cm³/mol. The number of nitrogens with one attached hydrogen (secondary N) is 1. The molecule has 180 valence electrons. The van der Waals surface area contributed by atoms with Crippen LogP contribution in [0.4, 0.5) is 10.1 Å². The number of nitrogens with zero attached hydrogens (tertiary/aromatic N) is 4. The van der Waals surface area contributed by atoms with E-state index in [1.54, 1.807) is 21.5 Å². The largest absolute Gasteiger partial charge is 0.477 e. The number of carbonyl (C=O) groups is 1. The monoisotopic (exact) mass is 475 g/mol. The zero-order valence-electron chi connectivity index (χ0n) is 19.3. The smallest absolute Gasteiger partial charge is 0.341 e. The van der Waals surface area contributed by atoms with Crippen molar-refractivity contribution in [1.82, 2.24) is 19.7 Å². The molecule has 2 aromatic heterocycles. The molecule has 1 fully saturated rings. The van der Waals surface area contributed by atoms with Crippen LogP contribution in [0.2, 0.25) is 0 Å². The van der Waals surface area contributed by atoms with Crippen LogP contribution in [0.15, 0.2) is 65.8 Å². The number of hydrogen-bond donors (Lipinski definition) is 2. The van der Waals surface area contributed by atoms with Gasteiger partial charge in [-0.1, -0.05) is 12.1 Å². The third-order valence-electron chi connectivity index (χ3n) is 6.56. The number of pyridine rings is 1. The normalized spacial score (nSPS) is 15.7. The number of carboxylic acids is 1. The Labute approximate surface area is 201 Å². The van der Waals surface area contributed by atoms with Crippen LogP contribution < -0.4 is 15.6 Å². The van der Waals surface area contributed by atoms with Crippen molar-refractivity contribution in [3.05, 3.63) is 88.2 Å². The van der Waals surface area contributed by atoms with E-state index in [2.05, 4.69) is 10.4 Å². The fourth-order valence-electron chi connectivity index (χ4n) is 4.80. The van der Waals surface area contributed by atoms with Gasteiger partial charge in [-0.05, 0) is 61.8 Å². The second kappa shape index (κ2) is 9.34. The number of carboxylic acid groups (broad SMARTS) is 1. The highest BCUT2D eigenvalue weighted by Crippen LogP contribution is 2.30. The Morgan fingerprint density at radius 3 is 2.74 bits per heavy atom. The van der Waals surface area contributed by atoms with E-state index in [4.69, 9.17) is 0 Å². The van der Waals surface area contributed by atoms with Gasteiger partial charge in [-0.25, -0.2) is 13.9 Å². The molecule has 0 amide bonds. The molecule has 4 aromatic rings. The lowest BCUT2D eigenvalue weighted by atomic mass is 10.1. The summed E-state index contributed by atoms with van der Waals surface area (Å²) in [5, 5.41) is 17.1. The number of fused-ring (bicyclic) bond motifs is 1. The molecule has 5 rings (SSSR count). The molecule has 9 heteroatoms. The van der Waals surface area contributed by atoms with Crippen LogP contribution in [-0.4, -0.2) is 52.1 Å². The number of anilines is 1. The molecule has 8 nitrogen and oxygen atoms in total. The van der Waals surface area contributed by atoms with Crippen LogP contribution in [0.25, 0.3) is 16.6 Å². The Morgan fingerprint density at radius 1 is 1.26 bits per heavy atom. The van der Waals surface area contributed by atoms with E-state index in [0.717, 1.165) is 37.3 Å². The van der Waals surface area contributed by atoms with E-state index < -0.39 is 17.2 Å². The van der Waals surface area contributed by atoms with E-state index in [-0.39, 0.29) is 10.9 Å². The molecule has 1 atom stereocenters. The molecule has 2 N–H and O–H groups in total. The zero-order valence-corrected chi connectivity index (χ0v) is 19.3. The molecule has 35 heavy (non-hydrogen) atoms. The molecule has 1 aliphatic heterocycles. The lowest BCUT2D eigenvalue weighted by Gasteiger charge is -2.21. The van der Waals surface area contributed by atoms with Crippen molar-refractivity contribution < 1.29 is 14.3 Å². The average Bonchev–Trinajstić information content (AvgIpc) is 3.54. The first-order valence-corrected chi connectivity index (χ1v) is 11.5. The summed E-state index contributed by atoms with van der Waals surface area (Å²) in [5.74, 6) is -1.43. The molecular weight excluding hydrogens is 449 g/mol. The first-order valence-electron chi connectivity index (χ1n) is 11.5. The van der Waals surface area contributed by atoms with Crippen molar-refractivity contribution in [2.45, 2.75) is 13.0 Å². The van der Waals surface area contributed by atoms with Gasteiger partial charge >= 0.3 is 5.97 Å². The average molecular weight is 476 g/mol. The molecule has 0 bridgehead atoms. The van der Waals surface area contributed by atoms with Gasteiger partial charge in [0.1, 0.15) is 11.4 Å². The van der Waals surface area contributed by atoms with Crippen LogP contribution >= 0.6 is 0 Å². The summed E-state index contributed by atoms with van der Waals surface area (Å²) in [6, 6.07) is 12.4. The van der Waals surface area contributed by atoms with E-state index in [1.165, 1.54) is 12.3 Å². The van der Waals surface area contributed by atoms with E-state index >= 15 is 4.39 Å². The highest BCUT2D eigenvalue weighted by atomic mass is 19.1. The van der Waals surface area contributed by atoms with Gasteiger partial charge in [0.05, 0.1) is 16.9 Å². The standard InChI is InChI=1S/C26H26FN5O3/c1-28-13-18-7-10-30(15-18)24-12-23-20(11-22(24)27)25(33)21(26(34)35)16-31(23)14-17-3-5-19(6-4-17)32-9-2-8-29-32/h2-6,8-9,11-12,16,18,28H,7,10,13-15H2,1H3,(H,34,35)/t18-/m0/s1. The lowest BCUT2D eigenvalue weighted by molar-refractivity contribution is 0.0695. The van der Waals surface area contributed by atoms with Gasteiger partial charge in [0.2, 0.25) is 5.43 Å². The quantitative estimate of drug-likeness (QED) is 0.427. The Hall–Kier alpha value is -3.98. The Morgan fingerprint density at radius 2 is 2.06 bits per heavy atom. The summed E-state index contributed by atoms with van der Waals surface area (Å²) >= 11 is 0. The van der Waals surface area contributed by atoms with Crippen LogP contribution in [0.1, 0.15) is 22.3 Å². The topological polar surface area (TPSA) is 92.4 Å². The van der Waals surface area contributed by atoms with Crippen LogP contribution in [0, 0.1) is 11.7 Å². The van der Waals surface area contributed by atoms with Crippen molar-refractivity contribution in [2.24, 2.45) is 5.92 Å². The maximum atomic E-state index is 15.2. The van der Waals surface area contributed by atoms with E-state index in [0.29, 0.717) is 23.7 Å². The first-order chi connectivity index (χ1) is 16.9. The number of rotatable bonds is 7. The first kappa shape index (κ1) is 22.8. The van der Waals surface area contributed by atoms with Gasteiger partial charge in [0.25, 0.3) is 0 Å². The SMILES string of the molecule is CNC[C@@H]1CCN(c2cc3c(cc2F)c(=O)c(C(=O)O)cn3Cc2ccc(-n3cccn3)cc2)C1. The molecule has 1 saturated heterocycles. The maximum absolute atomic E-state index is 15.2. The molecule has 0 spiro atoms. The second-order valence-electron chi connectivity index (χ2n) is 8.90. The fourth-order valence-corrected chi connectivity index (χ4v) is 4.80. The fraction of sp³-hybridized carbons (Fsp3) is 0.269. The van der Waals surface area contributed by atoms with Gasteiger partial charge in [0, 0.05) is 43.6 Å². The summed E-state index contributed by atoms with van der Waals surface area (Å²) in [6.45, 7) is 2.62. The summed E-state index contributed by atoms with van der Waals surface area (Å²) in [7, 11) is 1.90. The molecule has 0 aliphatic carbocycles. The van der Waals surface area contributed by atoms with Crippen molar-refractivity contribution in [3.8, 4) is 5.69 Å². The van der Waals surface area contributed by atoms with Crippen LogP contribution in [0.3, 0.4) is 0 Å². The van der Waals surface area contributed by atoms with Gasteiger partial charge in [-0.3, -0.25) is 4.79 Å². The van der Waals surface area contributed by atoms with Crippen molar-refractivity contribution in [2.75, 3.05) is 31.6 Å². The summed E-state index contributed by atoms with van der Waals surface area (Å²) in [5.41, 5.74) is 1.67. The Balaban J connectivity index is 1.56. The highest BCUT2D eigenvalue weighted by Gasteiger charge is 2.25. The molecule has 0 saturated carbocycles. The summed E-state index contributed by atoms with van der Waals surface area (Å²) in [4.78, 5) is 26.6. The summed E-state index contributed by atoms with van der Waals surface area (Å²) in [6.07, 6.45) is 5.85. The number of hydrogen-bond acceptors (Lipinski definition) is 5. The highest BCUT2D eigenvalue weighted by molar-refractivity contribution is 5.93. The van der Waals surface area contributed by atoms with E-state index in [9.17, 15) is 14.7 Å². The third-order valence-corrected chi connectivity index (χ3v) is 6.56. The van der Waals surface area contributed by atoms with Crippen LogP contribution in [0.5, 0.6) is 0 Å². The summed E-state index contributed by atoms with van der Waals surface area (Å²) < 4.78 is 18.6. The minimum Gasteiger partial charge on any atom is -0.477 e. The van der Waals surface area contributed by atoms with Gasteiger partial charge in [-0.15, -0.1) is 0 Å². The zero-order chi connectivity index (χ0) is 24.5. The number of aromatic nitrogens is 3. The Bertz CT molecular complexity index is 1430. The number of halogens is 1. The van der Waals surface area contributed by atoms with E-state index in [1.807, 2.05) is 48.5 Å². The van der Waals surface area contributed by atoms with Crippen molar-refractivity contribution >= 4 is 22.6 Å². The minimum atomic E-state index is -1.33. The van der Waals surface area contributed by atoms with Gasteiger partial charge in [-0.2, -0.15) is 5.10 Å². The van der Waals surface area contributed by atoms with Crippen LogP contribution in [-0.2, 0) is 6.54 Å². The van der Waals surface area contributed by atoms with Crippen molar-refractivity contribution in [1.29, 1.82) is 0 Å². The van der Waals surface area contributed by atoms with Gasteiger partial charge in [0.15, 0.2) is 0 Å². The molecule has 3 heterocycles.